The maximum absolute atomic E-state index is 4.15. The molecule has 5 heteroatoms. The molecule has 0 aliphatic carbocycles. The van der Waals surface area contributed by atoms with Crippen LogP contribution >= 0.6 is 23.5 Å². The summed E-state index contributed by atoms with van der Waals surface area (Å²) in [6.45, 7) is 8.26. The van der Waals surface area contributed by atoms with Crippen molar-refractivity contribution in [1.82, 2.24) is 0 Å². The van der Waals surface area contributed by atoms with E-state index >= 15 is 0 Å². The predicted octanol–water partition coefficient (Wildman–Crippen LogP) is 13.3. The highest BCUT2D eigenvalue weighted by atomic mass is 32.2. The molecule has 0 fully saturated rings. The molecule has 0 N–H and O–H groups in total. The van der Waals surface area contributed by atoms with E-state index in [0.29, 0.717) is 0 Å². The van der Waals surface area contributed by atoms with E-state index in [4.69, 9.17) is 0 Å². The number of rotatable bonds is 10. The van der Waals surface area contributed by atoms with Gasteiger partial charge in [-0.1, -0.05) is 169 Å². The van der Waals surface area contributed by atoms with E-state index in [2.05, 4.69) is 211 Å². The van der Waals surface area contributed by atoms with E-state index in [1.54, 1.807) is 0 Å². The Hall–Kier alpha value is -6.66. The second-order valence-corrected chi connectivity index (χ2v) is 16.7. The van der Waals surface area contributed by atoms with E-state index in [9.17, 15) is 0 Å². The molecule has 10 rings (SSSR count). The zero-order valence-corrected chi connectivity index (χ0v) is 34.0. The van der Waals surface area contributed by atoms with Gasteiger partial charge in [-0.2, -0.15) is 0 Å². The maximum atomic E-state index is 4.15. The third kappa shape index (κ3) is 6.73. The third-order valence-corrected chi connectivity index (χ3v) is 13.6. The van der Waals surface area contributed by atoms with Crippen LogP contribution in [-0.4, -0.2) is 6.71 Å². The van der Waals surface area contributed by atoms with Crippen LogP contribution in [0.4, 0.5) is 28.4 Å². The van der Waals surface area contributed by atoms with Crippen molar-refractivity contribution >= 4 is 75.1 Å². The zero-order valence-electron chi connectivity index (χ0n) is 32.4. The van der Waals surface area contributed by atoms with Crippen molar-refractivity contribution in [1.29, 1.82) is 0 Å². The number of para-hydroxylation sites is 3. The summed E-state index contributed by atoms with van der Waals surface area (Å²) in [5.41, 5.74) is 15.4. The minimum Gasteiger partial charge on any atom is -0.311 e. The molecule has 0 bridgehead atoms. The van der Waals surface area contributed by atoms with Crippen LogP contribution in [-0.2, 0) is 0 Å². The van der Waals surface area contributed by atoms with E-state index in [-0.39, 0.29) is 6.71 Å². The van der Waals surface area contributed by atoms with Gasteiger partial charge in [0.05, 0.1) is 0 Å². The average Bonchev–Trinajstić information content (AvgIpc) is 3.30. The van der Waals surface area contributed by atoms with Crippen LogP contribution in [0.15, 0.2) is 251 Å². The van der Waals surface area contributed by atoms with Gasteiger partial charge in [0.2, 0.25) is 6.71 Å². The van der Waals surface area contributed by atoms with Gasteiger partial charge in [-0.3, -0.25) is 0 Å². The Labute approximate surface area is 356 Å². The Balaban J connectivity index is 1.15. The van der Waals surface area contributed by atoms with Gasteiger partial charge in [0.1, 0.15) is 0 Å². The highest BCUT2D eigenvalue weighted by Crippen LogP contribution is 2.48. The summed E-state index contributed by atoms with van der Waals surface area (Å²) in [4.78, 5) is 9.85. The Morgan fingerprint density at radius 2 is 0.864 bits per heavy atom. The molecule has 0 unspecified atom stereocenters. The lowest BCUT2D eigenvalue weighted by molar-refractivity contribution is 1.21. The van der Waals surface area contributed by atoms with E-state index in [0.717, 1.165) is 34.1 Å². The van der Waals surface area contributed by atoms with Crippen molar-refractivity contribution in [2.24, 2.45) is 0 Å². The van der Waals surface area contributed by atoms with Crippen LogP contribution < -0.4 is 26.2 Å². The van der Waals surface area contributed by atoms with Gasteiger partial charge in [-0.05, 0) is 119 Å². The summed E-state index contributed by atoms with van der Waals surface area (Å²) in [6.07, 6.45) is 5.70. The summed E-state index contributed by atoms with van der Waals surface area (Å²) in [7, 11) is 0. The van der Waals surface area contributed by atoms with Gasteiger partial charge in [0, 0.05) is 53.7 Å². The van der Waals surface area contributed by atoms with Gasteiger partial charge in [-0.25, -0.2) is 0 Å². The summed E-state index contributed by atoms with van der Waals surface area (Å²) in [5.74, 6) is 0. The first-order chi connectivity index (χ1) is 29.2. The van der Waals surface area contributed by atoms with E-state index < -0.39 is 0 Å². The molecule has 0 saturated carbocycles. The largest absolute Gasteiger partial charge is 0.311 e. The topological polar surface area (TPSA) is 6.48 Å². The first kappa shape index (κ1) is 36.7. The van der Waals surface area contributed by atoms with E-state index in [1.807, 2.05) is 47.8 Å². The number of anilines is 5. The van der Waals surface area contributed by atoms with Gasteiger partial charge in [0.25, 0.3) is 0 Å². The Morgan fingerprint density at radius 3 is 1.34 bits per heavy atom. The lowest BCUT2D eigenvalue weighted by atomic mass is 9.36. The molecule has 59 heavy (non-hydrogen) atoms. The molecule has 2 aliphatic rings. The summed E-state index contributed by atoms with van der Waals surface area (Å²) in [6, 6.07) is 70.3. The van der Waals surface area contributed by atoms with Crippen LogP contribution in [0.3, 0.4) is 0 Å². The second-order valence-electron chi connectivity index (χ2n) is 14.6. The number of fused-ring (bicyclic) bond motifs is 4. The van der Waals surface area contributed by atoms with Crippen LogP contribution in [0.5, 0.6) is 0 Å². The van der Waals surface area contributed by atoms with Crippen LogP contribution in [0.1, 0.15) is 0 Å². The molecule has 8 aromatic rings. The lowest BCUT2D eigenvalue weighted by Gasteiger charge is -2.35. The standard InChI is InChI=1S/C54H39BN2S2/c1-3-18-40(4-2)56(41-19-8-5-9-20-41)44-33-29-38(30-34-44)46-37-47(39-31-35-45(36-32-39)57(42-21-10-6-11-22-42)43-23-12-7-13-24-43)54-52-53(46)58-50-27-16-14-25-48(50)55(52)49-26-15-17-28-51(49)59-54/h3-37H,1-2H2/b40-18+. The molecule has 0 atom stereocenters. The van der Waals surface area contributed by atoms with Gasteiger partial charge >= 0.3 is 0 Å². The Kier molecular flexibility index (Phi) is 9.91. The molecular formula is C54H39BN2S2. The first-order valence-corrected chi connectivity index (χ1v) is 21.5. The predicted molar refractivity (Wildman–Crippen MR) is 255 cm³/mol. The summed E-state index contributed by atoms with van der Waals surface area (Å²) >= 11 is 3.82. The third-order valence-electron chi connectivity index (χ3n) is 11.1. The SMILES string of the molecule is C=C/C=C(\C=C)N(c1ccccc1)c1ccc(-c2cc(-c3ccc(N(c4ccccc4)c4ccccc4)cc3)c3c4c2Sc2ccccc2B4c2ccccc2S3)cc1. The fraction of sp³-hybridized carbons (Fsp3) is 0. The zero-order chi connectivity index (χ0) is 39.7. The number of hydrogen-bond donors (Lipinski definition) is 0. The molecule has 0 aromatic heterocycles. The van der Waals surface area contributed by atoms with Crippen LogP contribution in [0, 0.1) is 0 Å². The number of nitrogens with zero attached hydrogens (tertiary/aromatic N) is 2. The normalized spacial score (nSPS) is 12.5. The highest BCUT2D eigenvalue weighted by Gasteiger charge is 2.40. The molecule has 8 aromatic carbocycles. The summed E-state index contributed by atoms with van der Waals surface area (Å²) < 4.78 is 0. The summed E-state index contributed by atoms with van der Waals surface area (Å²) in [5, 5.41) is 0. The van der Waals surface area contributed by atoms with Crippen LogP contribution in [0.2, 0.25) is 0 Å². The van der Waals surface area contributed by atoms with Crippen molar-refractivity contribution in [3.63, 3.8) is 0 Å². The monoisotopic (exact) mass is 790 g/mol. The molecule has 0 radical (unpaired) electrons. The fourth-order valence-corrected chi connectivity index (χ4v) is 11.1. The number of allylic oxidation sites excluding steroid dienone is 3. The maximum Gasteiger partial charge on any atom is 0.247 e. The molecule has 0 amide bonds. The molecule has 0 spiro atoms. The highest BCUT2D eigenvalue weighted by molar-refractivity contribution is 8.01. The molecule has 0 saturated heterocycles. The van der Waals surface area contributed by atoms with Gasteiger partial charge in [0.15, 0.2) is 0 Å². The second kappa shape index (κ2) is 15.9. The minimum atomic E-state index is 0.131. The van der Waals surface area contributed by atoms with Crippen molar-refractivity contribution < 1.29 is 0 Å². The molecule has 2 aliphatic heterocycles. The van der Waals surface area contributed by atoms with Crippen molar-refractivity contribution in [2.45, 2.75) is 19.6 Å². The van der Waals surface area contributed by atoms with Crippen LogP contribution in [0.25, 0.3) is 22.3 Å². The van der Waals surface area contributed by atoms with Crippen molar-refractivity contribution in [2.75, 3.05) is 9.80 Å². The van der Waals surface area contributed by atoms with E-state index in [1.165, 1.54) is 58.2 Å². The molecule has 2 heterocycles. The lowest BCUT2D eigenvalue weighted by Crippen LogP contribution is -2.58. The molecule has 2 nitrogen and oxygen atoms in total. The van der Waals surface area contributed by atoms with Gasteiger partial charge in [-0.15, -0.1) is 0 Å². The quantitative estimate of drug-likeness (QED) is 0.100. The first-order valence-electron chi connectivity index (χ1n) is 19.9. The minimum absolute atomic E-state index is 0.131. The Bertz CT molecular complexity index is 2800. The van der Waals surface area contributed by atoms with Crippen molar-refractivity contribution in [3.8, 4) is 22.3 Å². The number of benzene rings is 8. The number of hydrogen-bond acceptors (Lipinski definition) is 4. The average molecular weight is 791 g/mol. The van der Waals surface area contributed by atoms with Gasteiger partial charge < -0.3 is 9.80 Å². The Morgan fingerprint density at radius 1 is 0.458 bits per heavy atom. The molecular weight excluding hydrogens is 752 g/mol. The fourth-order valence-electron chi connectivity index (χ4n) is 8.46. The molecule has 280 valence electrons. The van der Waals surface area contributed by atoms with Crippen molar-refractivity contribution in [3.05, 3.63) is 231 Å². The smallest absolute Gasteiger partial charge is 0.247 e.